The number of likely N-dealkylation sites (tertiary alicyclic amines) is 1. The lowest BCUT2D eigenvalue weighted by molar-refractivity contribution is 0.0737. The first-order valence-corrected chi connectivity index (χ1v) is 7.88. The van der Waals surface area contributed by atoms with Crippen molar-refractivity contribution in [2.45, 2.75) is 18.9 Å². The molecule has 1 aliphatic rings. The van der Waals surface area contributed by atoms with E-state index in [-0.39, 0.29) is 11.9 Å². The number of amides is 1. The maximum absolute atomic E-state index is 12.6. The molecule has 0 radical (unpaired) electrons. The Morgan fingerprint density at radius 1 is 1.47 bits per heavy atom. The Labute approximate surface area is 124 Å². The van der Waals surface area contributed by atoms with Crippen molar-refractivity contribution in [3.05, 3.63) is 50.9 Å². The van der Waals surface area contributed by atoms with Crippen LogP contribution in [0, 0.1) is 0 Å². The van der Waals surface area contributed by atoms with Crippen LogP contribution in [0.2, 0.25) is 0 Å². The van der Waals surface area contributed by atoms with Gasteiger partial charge in [0.15, 0.2) is 0 Å². The van der Waals surface area contributed by atoms with Crippen LogP contribution in [0.15, 0.2) is 40.4 Å². The molecule has 0 spiro atoms. The minimum absolute atomic E-state index is 0.0738. The zero-order chi connectivity index (χ0) is 13.2. The van der Waals surface area contributed by atoms with Gasteiger partial charge in [-0.3, -0.25) is 9.78 Å². The SMILES string of the molecule is O=C(c1cncc(Br)c1)N1CCC[C@H]1c1cccs1. The van der Waals surface area contributed by atoms with Gasteiger partial charge in [0.05, 0.1) is 11.6 Å². The maximum Gasteiger partial charge on any atom is 0.255 e. The predicted molar refractivity (Wildman–Crippen MR) is 79.3 cm³/mol. The van der Waals surface area contributed by atoms with Crippen LogP contribution in [0.5, 0.6) is 0 Å². The molecule has 0 bridgehead atoms. The van der Waals surface area contributed by atoms with Gasteiger partial charge in [-0.25, -0.2) is 0 Å². The van der Waals surface area contributed by atoms with Gasteiger partial charge in [0, 0.05) is 28.3 Å². The first kappa shape index (κ1) is 12.8. The molecular weight excluding hydrogens is 324 g/mol. The van der Waals surface area contributed by atoms with Crippen molar-refractivity contribution in [3.8, 4) is 0 Å². The van der Waals surface area contributed by atoms with Crippen LogP contribution in [-0.2, 0) is 0 Å². The standard InChI is InChI=1S/C14H13BrN2OS/c15-11-7-10(8-16-9-11)14(18)17-5-1-3-12(17)13-4-2-6-19-13/h2,4,6-9,12H,1,3,5H2/t12-/m0/s1. The first-order valence-electron chi connectivity index (χ1n) is 6.20. The van der Waals surface area contributed by atoms with Crippen LogP contribution in [0.4, 0.5) is 0 Å². The van der Waals surface area contributed by atoms with E-state index in [4.69, 9.17) is 0 Å². The van der Waals surface area contributed by atoms with Crippen molar-refractivity contribution < 1.29 is 4.79 Å². The van der Waals surface area contributed by atoms with Crippen molar-refractivity contribution in [2.24, 2.45) is 0 Å². The number of nitrogens with zero attached hydrogens (tertiary/aromatic N) is 2. The molecule has 0 N–H and O–H groups in total. The summed E-state index contributed by atoms with van der Waals surface area (Å²) in [7, 11) is 0. The largest absolute Gasteiger partial charge is 0.331 e. The third-order valence-corrected chi connectivity index (χ3v) is 4.74. The fourth-order valence-corrected chi connectivity index (χ4v) is 3.72. The molecule has 3 heterocycles. The molecule has 98 valence electrons. The van der Waals surface area contributed by atoms with E-state index in [9.17, 15) is 4.79 Å². The highest BCUT2D eigenvalue weighted by atomic mass is 79.9. The number of carbonyl (C=O) groups excluding carboxylic acids is 1. The summed E-state index contributed by atoms with van der Waals surface area (Å²) >= 11 is 5.08. The van der Waals surface area contributed by atoms with E-state index >= 15 is 0 Å². The van der Waals surface area contributed by atoms with Gasteiger partial charge in [-0.15, -0.1) is 11.3 Å². The summed E-state index contributed by atoms with van der Waals surface area (Å²) in [6, 6.07) is 6.22. The van der Waals surface area contributed by atoms with Crippen molar-refractivity contribution in [1.82, 2.24) is 9.88 Å². The lowest BCUT2D eigenvalue weighted by atomic mass is 10.1. The van der Waals surface area contributed by atoms with E-state index in [0.717, 1.165) is 23.9 Å². The average Bonchev–Trinajstić information content (AvgIpc) is 3.08. The Balaban J connectivity index is 1.87. The summed E-state index contributed by atoms with van der Waals surface area (Å²) in [5, 5.41) is 2.07. The van der Waals surface area contributed by atoms with Crippen LogP contribution in [0.1, 0.15) is 34.1 Å². The third-order valence-electron chi connectivity index (χ3n) is 3.34. The van der Waals surface area contributed by atoms with E-state index in [0.29, 0.717) is 5.56 Å². The molecule has 0 unspecified atom stereocenters. The number of halogens is 1. The number of aromatic nitrogens is 1. The Bertz CT molecular complexity index is 585. The molecule has 19 heavy (non-hydrogen) atoms. The summed E-state index contributed by atoms with van der Waals surface area (Å²) in [6.45, 7) is 0.827. The van der Waals surface area contributed by atoms with E-state index < -0.39 is 0 Å². The molecule has 0 aromatic carbocycles. The lowest BCUT2D eigenvalue weighted by Gasteiger charge is -2.23. The molecule has 1 fully saturated rings. The summed E-state index contributed by atoms with van der Waals surface area (Å²) in [4.78, 5) is 19.9. The molecule has 5 heteroatoms. The Hall–Kier alpha value is -1.20. The molecule has 2 aromatic rings. The highest BCUT2D eigenvalue weighted by Gasteiger charge is 2.31. The molecule has 3 rings (SSSR count). The van der Waals surface area contributed by atoms with Crippen molar-refractivity contribution in [3.63, 3.8) is 0 Å². The molecule has 0 saturated carbocycles. The van der Waals surface area contributed by atoms with Gasteiger partial charge in [-0.2, -0.15) is 0 Å². The Morgan fingerprint density at radius 3 is 3.11 bits per heavy atom. The summed E-state index contributed by atoms with van der Waals surface area (Å²) in [6.07, 6.45) is 5.44. The molecular formula is C14H13BrN2OS. The second kappa shape index (κ2) is 5.43. The smallest absolute Gasteiger partial charge is 0.255 e. The Kier molecular flexibility index (Phi) is 3.66. The lowest BCUT2D eigenvalue weighted by Crippen LogP contribution is -2.30. The van der Waals surface area contributed by atoms with Crippen molar-refractivity contribution in [1.29, 1.82) is 0 Å². The third kappa shape index (κ3) is 2.58. The van der Waals surface area contributed by atoms with Gasteiger partial charge in [-0.05, 0) is 46.3 Å². The monoisotopic (exact) mass is 336 g/mol. The molecule has 1 saturated heterocycles. The highest BCUT2D eigenvalue weighted by Crippen LogP contribution is 2.35. The number of rotatable bonds is 2. The quantitative estimate of drug-likeness (QED) is 0.833. The van der Waals surface area contributed by atoms with Crippen LogP contribution in [0.3, 0.4) is 0 Å². The van der Waals surface area contributed by atoms with E-state index in [2.05, 4.69) is 32.4 Å². The van der Waals surface area contributed by atoms with Gasteiger partial charge >= 0.3 is 0 Å². The summed E-state index contributed by atoms with van der Waals surface area (Å²) < 4.78 is 0.838. The summed E-state index contributed by atoms with van der Waals surface area (Å²) in [5.41, 5.74) is 0.651. The van der Waals surface area contributed by atoms with Gasteiger partial charge in [0.1, 0.15) is 0 Å². The first-order chi connectivity index (χ1) is 9.25. The second-order valence-corrected chi connectivity index (χ2v) is 6.46. The van der Waals surface area contributed by atoms with E-state index in [1.165, 1.54) is 4.88 Å². The normalized spacial score (nSPS) is 18.8. The second-order valence-electron chi connectivity index (χ2n) is 4.56. The average molecular weight is 337 g/mol. The fraction of sp³-hybridized carbons (Fsp3) is 0.286. The van der Waals surface area contributed by atoms with Crippen molar-refractivity contribution in [2.75, 3.05) is 6.54 Å². The topological polar surface area (TPSA) is 33.2 Å². The van der Waals surface area contributed by atoms with Gasteiger partial charge in [0.25, 0.3) is 5.91 Å². The molecule has 3 nitrogen and oxygen atoms in total. The molecule has 1 amide bonds. The number of hydrogen-bond acceptors (Lipinski definition) is 3. The molecule has 2 aromatic heterocycles. The van der Waals surface area contributed by atoms with E-state index in [1.54, 1.807) is 23.7 Å². The minimum atomic E-state index is 0.0738. The van der Waals surface area contributed by atoms with Crippen molar-refractivity contribution >= 4 is 33.2 Å². The number of hydrogen-bond donors (Lipinski definition) is 0. The van der Waals surface area contributed by atoms with Crippen LogP contribution >= 0.6 is 27.3 Å². The van der Waals surface area contributed by atoms with Crippen LogP contribution in [0.25, 0.3) is 0 Å². The zero-order valence-corrected chi connectivity index (χ0v) is 12.7. The van der Waals surface area contributed by atoms with Gasteiger partial charge in [0.2, 0.25) is 0 Å². The maximum atomic E-state index is 12.6. The summed E-state index contributed by atoms with van der Waals surface area (Å²) in [5.74, 6) is 0.0738. The molecule has 1 atom stereocenters. The minimum Gasteiger partial charge on any atom is -0.331 e. The van der Waals surface area contributed by atoms with Crippen LogP contribution in [-0.4, -0.2) is 22.3 Å². The van der Waals surface area contributed by atoms with Crippen LogP contribution < -0.4 is 0 Å². The zero-order valence-electron chi connectivity index (χ0n) is 10.3. The predicted octanol–water partition coefficient (Wildman–Crippen LogP) is 3.88. The van der Waals surface area contributed by atoms with Gasteiger partial charge < -0.3 is 4.90 Å². The van der Waals surface area contributed by atoms with E-state index in [1.807, 2.05) is 17.0 Å². The Morgan fingerprint density at radius 2 is 2.37 bits per heavy atom. The fourth-order valence-electron chi connectivity index (χ4n) is 2.48. The number of pyridine rings is 1. The molecule has 1 aliphatic heterocycles. The number of thiophene rings is 1. The van der Waals surface area contributed by atoms with Gasteiger partial charge in [-0.1, -0.05) is 6.07 Å². The molecule has 0 aliphatic carbocycles. The highest BCUT2D eigenvalue weighted by molar-refractivity contribution is 9.10. The number of carbonyl (C=O) groups is 1.